The Hall–Kier alpha value is -8.34. The summed E-state index contributed by atoms with van der Waals surface area (Å²) in [6.07, 6.45) is 0. The zero-order chi connectivity index (χ0) is 43.0. The quantitative estimate of drug-likeness (QED) is 0.177. The first kappa shape index (κ1) is 36.2. The summed E-state index contributed by atoms with van der Waals surface area (Å²) < 4.78 is 4.97. The largest absolute Gasteiger partial charge is 0.309 e. The predicted molar refractivity (Wildman–Crippen MR) is 272 cm³/mol. The van der Waals surface area contributed by atoms with Crippen molar-refractivity contribution >= 4 is 76.1 Å². The van der Waals surface area contributed by atoms with Gasteiger partial charge in [-0.05, 0) is 86.9 Å². The molecule has 0 aliphatic heterocycles. The predicted octanol–water partition coefficient (Wildman–Crippen LogP) is 15.8. The number of fused-ring (bicyclic) bond motifs is 12. The van der Waals surface area contributed by atoms with Crippen LogP contribution < -0.4 is 0 Å². The molecular weight excluding hydrogens is 789 g/mol. The maximum atomic E-state index is 5.53. The van der Waals surface area contributed by atoms with Crippen molar-refractivity contribution in [1.29, 1.82) is 0 Å². The molecule has 0 saturated carbocycles. The number of rotatable bonds is 4. The monoisotopic (exact) mass is 828 g/mol. The van der Waals surface area contributed by atoms with Crippen molar-refractivity contribution in [2.24, 2.45) is 0 Å². The minimum Gasteiger partial charge on any atom is -0.309 e. The fraction of sp³-hybridized carbons (Fsp3) is 0.0492. The van der Waals surface area contributed by atoms with Gasteiger partial charge in [-0.2, -0.15) is 0 Å². The molecule has 304 valence electrons. The molecule has 0 amide bonds. The Morgan fingerprint density at radius 3 is 1.86 bits per heavy atom. The molecule has 14 rings (SSSR count). The minimum absolute atomic E-state index is 0.120. The second-order valence-electron chi connectivity index (χ2n) is 18.1. The Morgan fingerprint density at radius 2 is 1.02 bits per heavy atom. The minimum atomic E-state index is -0.120. The number of hydrogen-bond donors (Lipinski definition) is 0. The molecule has 10 aromatic carbocycles. The van der Waals surface area contributed by atoms with E-state index >= 15 is 0 Å². The molecule has 0 bridgehead atoms. The van der Waals surface area contributed by atoms with Crippen molar-refractivity contribution < 1.29 is 0 Å². The smallest absolute Gasteiger partial charge is 0.160 e. The van der Waals surface area contributed by atoms with Crippen LogP contribution in [0.4, 0.5) is 0 Å². The highest BCUT2D eigenvalue weighted by atomic mass is 15.0. The van der Waals surface area contributed by atoms with Crippen molar-refractivity contribution in [2.75, 3.05) is 0 Å². The molecule has 0 spiro atoms. The molecule has 0 atom stereocenters. The number of para-hydroxylation sites is 3. The van der Waals surface area contributed by atoms with E-state index in [1.165, 1.54) is 82.1 Å². The van der Waals surface area contributed by atoms with Gasteiger partial charge in [-0.15, -0.1) is 0 Å². The first-order valence-electron chi connectivity index (χ1n) is 22.5. The topological polar surface area (TPSA) is 35.6 Å². The van der Waals surface area contributed by atoms with Gasteiger partial charge in [-0.3, -0.25) is 0 Å². The number of benzene rings is 10. The normalized spacial score (nSPS) is 13.2. The van der Waals surface area contributed by atoms with Crippen molar-refractivity contribution in [2.45, 2.75) is 19.3 Å². The van der Waals surface area contributed by atoms with E-state index in [0.29, 0.717) is 5.82 Å². The molecule has 13 aromatic rings. The Bertz CT molecular complexity index is 4160. The van der Waals surface area contributed by atoms with Crippen LogP contribution in [-0.4, -0.2) is 19.1 Å². The van der Waals surface area contributed by atoms with Crippen LogP contribution in [0.25, 0.3) is 121 Å². The van der Waals surface area contributed by atoms with E-state index in [9.17, 15) is 0 Å². The zero-order valence-corrected chi connectivity index (χ0v) is 35.9. The summed E-state index contributed by atoms with van der Waals surface area (Å²) in [6, 6.07) is 75.3. The van der Waals surface area contributed by atoms with Crippen molar-refractivity contribution in [1.82, 2.24) is 19.1 Å². The van der Waals surface area contributed by atoms with Crippen molar-refractivity contribution in [3.8, 4) is 45.1 Å². The van der Waals surface area contributed by atoms with Gasteiger partial charge in [0.1, 0.15) is 0 Å². The van der Waals surface area contributed by atoms with Crippen LogP contribution >= 0.6 is 0 Å². The Balaban J connectivity index is 1.03. The van der Waals surface area contributed by atoms with Crippen LogP contribution in [0.5, 0.6) is 0 Å². The van der Waals surface area contributed by atoms with E-state index in [1.807, 2.05) is 0 Å². The molecule has 65 heavy (non-hydrogen) atoms. The molecule has 0 fully saturated rings. The third-order valence-corrected chi connectivity index (χ3v) is 14.2. The lowest BCUT2D eigenvalue weighted by atomic mass is 9.82. The Kier molecular flexibility index (Phi) is 7.42. The van der Waals surface area contributed by atoms with E-state index in [2.05, 4.69) is 229 Å². The molecule has 0 radical (unpaired) electrons. The number of aromatic nitrogens is 4. The van der Waals surface area contributed by atoms with Crippen LogP contribution in [-0.2, 0) is 5.41 Å². The van der Waals surface area contributed by atoms with Gasteiger partial charge in [0.25, 0.3) is 0 Å². The molecular formula is C61H40N4. The highest BCUT2D eigenvalue weighted by Gasteiger charge is 2.37. The highest BCUT2D eigenvalue weighted by molar-refractivity contribution is 6.23. The van der Waals surface area contributed by atoms with Crippen LogP contribution in [0.2, 0.25) is 0 Å². The molecule has 1 aliphatic carbocycles. The average molecular weight is 829 g/mol. The average Bonchev–Trinajstić information content (AvgIpc) is 3.94. The summed E-state index contributed by atoms with van der Waals surface area (Å²) in [7, 11) is 0. The van der Waals surface area contributed by atoms with Gasteiger partial charge < -0.3 is 9.13 Å². The van der Waals surface area contributed by atoms with Gasteiger partial charge in [0.15, 0.2) is 5.82 Å². The van der Waals surface area contributed by atoms with E-state index in [4.69, 9.17) is 9.97 Å². The van der Waals surface area contributed by atoms with Gasteiger partial charge in [0.2, 0.25) is 0 Å². The molecule has 4 heteroatoms. The fourth-order valence-electron chi connectivity index (χ4n) is 11.3. The standard InChI is InChI=1S/C61H40N4/c1-61(2)49-28-11-7-24-44(49)56-47(27-16-29-50(56)61)58-45-25-8-12-30-51(45)62-60(63-58)40-20-15-21-41(33-40)64-53-32-14-10-26-46(53)57-55(64)36-39-19-5-6-22-42(39)59(57)65-52-31-13-9-23-43(52)48-34-37-17-3-4-18-38(37)35-54(48)65/h3-36H,1-2H3. The zero-order valence-electron chi connectivity index (χ0n) is 35.9. The van der Waals surface area contributed by atoms with Crippen molar-refractivity contribution in [3.05, 3.63) is 217 Å². The van der Waals surface area contributed by atoms with E-state index < -0.39 is 0 Å². The highest BCUT2D eigenvalue weighted by Crippen LogP contribution is 2.52. The molecule has 4 nitrogen and oxygen atoms in total. The SMILES string of the molecule is CC1(C)c2ccccc2-c2c(-c3nc(-c4cccc(-n5c6ccccc6c6c(-n7c8ccccc8c8cc9ccccc9cc87)c7ccccc7cc65)c4)nc4ccccc34)cccc21. The summed E-state index contributed by atoms with van der Waals surface area (Å²) in [4.78, 5) is 10.8. The maximum absolute atomic E-state index is 5.53. The Morgan fingerprint density at radius 1 is 0.400 bits per heavy atom. The summed E-state index contributed by atoms with van der Waals surface area (Å²) in [5.41, 5.74) is 16.0. The van der Waals surface area contributed by atoms with Gasteiger partial charge in [0, 0.05) is 54.5 Å². The van der Waals surface area contributed by atoms with Gasteiger partial charge >= 0.3 is 0 Å². The van der Waals surface area contributed by atoms with Gasteiger partial charge in [0.05, 0.1) is 39.0 Å². The third kappa shape index (κ3) is 5.08. The third-order valence-electron chi connectivity index (χ3n) is 14.2. The van der Waals surface area contributed by atoms with E-state index in [-0.39, 0.29) is 5.41 Å². The van der Waals surface area contributed by atoms with Crippen molar-refractivity contribution in [3.63, 3.8) is 0 Å². The molecule has 1 aliphatic rings. The van der Waals surface area contributed by atoms with Gasteiger partial charge in [-0.25, -0.2) is 9.97 Å². The second kappa shape index (κ2) is 13.3. The first-order chi connectivity index (χ1) is 32.0. The summed E-state index contributed by atoms with van der Waals surface area (Å²) >= 11 is 0. The summed E-state index contributed by atoms with van der Waals surface area (Å²) in [6.45, 7) is 4.67. The fourth-order valence-corrected chi connectivity index (χ4v) is 11.3. The van der Waals surface area contributed by atoms with Crippen LogP contribution in [0.1, 0.15) is 25.0 Å². The van der Waals surface area contributed by atoms with E-state index in [0.717, 1.165) is 44.4 Å². The van der Waals surface area contributed by atoms with Crippen LogP contribution in [0.3, 0.4) is 0 Å². The summed E-state index contributed by atoms with van der Waals surface area (Å²) in [5.74, 6) is 0.702. The van der Waals surface area contributed by atoms with Crippen LogP contribution in [0, 0.1) is 0 Å². The molecule has 3 heterocycles. The lowest BCUT2D eigenvalue weighted by Gasteiger charge is -2.21. The molecule has 0 N–H and O–H groups in total. The summed E-state index contributed by atoms with van der Waals surface area (Å²) in [5, 5.41) is 10.8. The Labute approximate surface area is 375 Å². The molecule has 3 aromatic heterocycles. The lowest BCUT2D eigenvalue weighted by molar-refractivity contribution is 0.660. The molecule has 0 unspecified atom stereocenters. The second-order valence-corrected chi connectivity index (χ2v) is 18.1. The van der Waals surface area contributed by atoms with Crippen LogP contribution in [0.15, 0.2) is 206 Å². The number of hydrogen-bond acceptors (Lipinski definition) is 2. The maximum Gasteiger partial charge on any atom is 0.160 e. The van der Waals surface area contributed by atoms with E-state index in [1.54, 1.807) is 0 Å². The first-order valence-corrected chi connectivity index (χ1v) is 22.5. The lowest BCUT2D eigenvalue weighted by Crippen LogP contribution is -2.14. The molecule has 0 saturated heterocycles. The number of nitrogens with zero attached hydrogens (tertiary/aromatic N) is 4. The van der Waals surface area contributed by atoms with Gasteiger partial charge in [-0.1, -0.05) is 172 Å².